The molecule has 7 nitrogen and oxygen atoms in total. The first-order valence-electron chi connectivity index (χ1n) is 7.12. The van der Waals surface area contributed by atoms with Crippen molar-refractivity contribution >= 4 is 31.5 Å². The quantitative estimate of drug-likeness (QED) is 0.716. The highest BCUT2D eigenvalue weighted by Crippen LogP contribution is 2.24. The van der Waals surface area contributed by atoms with Crippen molar-refractivity contribution in [3.63, 3.8) is 0 Å². The molecule has 1 saturated heterocycles. The zero-order chi connectivity index (χ0) is 17.1. The van der Waals surface area contributed by atoms with Gasteiger partial charge in [-0.05, 0) is 18.2 Å². The first-order chi connectivity index (χ1) is 10.7. The fourth-order valence-electron chi connectivity index (χ4n) is 2.27. The molecule has 0 aromatic heterocycles. The van der Waals surface area contributed by atoms with Crippen molar-refractivity contribution in [3.8, 4) is 0 Å². The Morgan fingerprint density at radius 2 is 1.87 bits per heavy atom. The molecular weight excluding hydrogens is 362 g/mol. The third kappa shape index (κ3) is 5.13. The molecule has 1 aromatic rings. The number of sulfonamides is 1. The summed E-state index contributed by atoms with van der Waals surface area (Å²) in [4.78, 5) is 1.85. The number of sulfone groups is 1. The van der Waals surface area contributed by atoms with Crippen molar-refractivity contribution < 1.29 is 16.8 Å². The van der Waals surface area contributed by atoms with Gasteiger partial charge in [0.1, 0.15) is 4.90 Å². The molecule has 1 aliphatic heterocycles. The molecule has 0 bridgehead atoms. The number of hydrogen-bond acceptors (Lipinski definition) is 6. The minimum Gasteiger partial charge on any atom is -0.314 e. The molecule has 2 rings (SSSR count). The van der Waals surface area contributed by atoms with Crippen LogP contribution in [0, 0.1) is 0 Å². The van der Waals surface area contributed by atoms with E-state index in [0.717, 1.165) is 38.5 Å². The molecule has 0 atom stereocenters. The van der Waals surface area contributed by atoms with Crippen LogP contribution in [-0.4, -0.2) is 67.3 Å². The Morgan fingerprint density at radius 3 is 2.48 bits per heavy atom. The highest BCUT2D eigenvalue weighted by atomic mass is 35.5. The molecule has 1 fully saturated rings. The average molecular weight is 382 g/mol. The summed E-state index contributed by atoms with van der Waals surface area (Å²) in [5.41, 5.74) is 0. The lowest BCUT2D eigenvalue weighted by Crippen LogP contribution is -2.46. The Hall–Kier alpha value is -0.710. The van der Waals surface area contributed by atoms with E-state index in [1.54, 1.807) is 0 Å². The van der Waals surface area contributed by atoms with Gasteiger partial charge < -0.3 is 5.32 Å². The first kappa shape index (κ1) is 18.6. The van der Waals surface area contributed by atoms with Gasteiger partial charge in [0.25, 0.3) is 0 Å². The summed E-state index contributed by atoms with van der Waals surface area (Å²) >= 11 is 5.93. The Morgan fingerprint density at radius 1 is 1.22 bits per heavy atom. The van der Waals surface area contributed by atoms with Crippen molar-refractivity contribution in [3.05, 3.63) is 23.2 Å². The number of rotatable bonds is 6. The van der Waals surface area contributed by atoms with E-state index in [1.807, 2.05) is 0 Å². The molecule has 0 spiro atoms. The van der Waals surface area contributed by atoms with E-state index in [1.165, 1.54) is 12.1 Å². The highest BCUT2D eigenvalue weighted by Gasteiger charge is 2.21. The standard InChI is InChI=1S/C13H20ClN3O4S2/c1-22(18,19)11-2-3-12(14)13(10-11)23(20,21)16-6-9-17-7-4-15-5-8-17/h2-3,10,15-16H,4-9H2,1H3. The first-order valence-corrected chi connectivity index (χ1v) is 10.9. The zero-order valence-electron chi connectivity index (χ0n) is 12.7. The summed E-state index contributed by atoms with van der Waals surface area (Å²) in [5, 5.41) is 3.21. The van der Waals surface area contributed by atoms with Crippen LogP contribution in [0.25, 0.3) is 0 Å². The predicted octanol–water partition coefficient (Wildman–Crippen LogP) is -0.0730. The molecule has 23 heavy (non-hydrogen) atoms. The minimum atomic E-state index is -3.86. The van der Waals surface area contributed by atoms with Gasteiger partial charge in [0, 0.05) is 45.5 Å². The van der Waals surface area contributed by atoms with Crippen LogP contribution in [0.15, 0.2) is 28.0 Å². The third-order valence-corrected chi connectivity index (χ3v) is 6.60. The van der Waals surface area contributed by atoms with Gasteiger partial charge in [0.05, 0.1) is 9.92 Å². The van der Waals surface area contributed by atoms with Crippen molar-refractivity contribution in [2.75, 3.05) is 45.5 Å². The van der Waals surface area contributed by atoms with Gasteiger partial charge in [-0.3, -0.25) is 4.90 Å². The van der Waals surface area contributed by atoms with E-state index < -0.39 is 19.9 Å². The maximum absolute atomic E-state index is 12.4. The molecule has 1 heterocycles. The van der Waals surface area contributed by atoms with Crippen LogP contribution in [0.1, 0.15) is 0 Å². The lowest BCUT2D eigenvalue weighted by Gasteiger charge is -2.27. The SMILES string of the molecule is CS(=O)(=O)c1ccc(Cl)c(S(=O)(=O)NCCN2CCNCC2)c1. The van der Waals surface area contributed by atoms with E-state index >= 15 is 0 Å². The summed E-state index contributed by atoms with van der Waals surface area (Å²) in [6.07, 6.45) is 1.02. The third-order valence-electron chi connectivity index (χ3n) is 3.55. The Balaban J connectivity index is 2.09. The van der Waals surface area contributed by atoms with E-state index in [2.05, 4.69) is 14.9 Å². The average Bonchev–Trinajstić information content (AvgIpc) is 2.47. The van der Waals surface area contributed by atoms with Crippen LogP contribution in [0.5, 0.6) is 0 Å². The molecule has 1 aromatic carbocycles. The smallest absolute Gasteiger partial charge is 0.242 e. The number of nitrogens with zero attached hydrogens (tertiary/aromatic N) is 1. The van der Waals surface area contributed by atoms with Gasteiger partial charge in [-0.15, -0.1) is 0 Å². The lowest BCUT2D eigenvalue weighted by molar-refractivity contribution is 0.245. The summed E-state index contributed by atoms with van der Waals surface area (Å²) in [6, 6.07) is 3.66. The second kappa shape index (κ2) is 7.45. The van der Waals surface area contributed by atoms with Crippen molar-refractivity contribution in [2.45, 2.75) is 9.79 Å². The van der Waals surface area contributed by atoms with Crippen LogP contribution in [0.4, 0.5) is 0 Å². The molecule has 0 unspecified atom stereocenters. The van der Waals surface area contributed by atoms with Crippen molar-refractivity contribution in [1.82, 2.24) is 14.9 Å². The second-order valence-corrected chi connectivity index (χ2v) is 9.51. The fourth-order valence-corrected chi connectivity index (χ4v) is 4.54. The molecule has 1 aliphatic rings. The zero-order valence-corrected chi connectivity index (χ0v) is 15.1. The Kier molecular flexibility index (Phi) is 6.04. The van der Waals surface area contributed by atoms with Crippen LogP contribution >= 0.6 is 11.6 Å². The lowest BCUT2D eigenvalue weighted by atomic mass is 10.3. The highest BCUT2D eigenvalue weighted by molar-refractivity contribution is 7.91. The number of hydrogen-bond donors (Lipinski definition) is 2. The van der Waals surface area contributed by atoms with Crippen LogP contribution < -0.4 is 10.0 Å². The predicted molar refractivity (Wildman–Crippen MR) is 89.1 cm³/mol. The minimum absolute atomic E-state index is 0.00734. The van der Waals surface area contributed by atoms with Gasteiger partial charge in [0.2, 0.25) is 10.0 Å². The molecule has 0 amide bonds. The van der Waals surface area contributed by atoms with E-state index in [-0.39, 0.29) is 21.4 Å². The monoisotopic (exact) mass is 381 g/mol. The van der Waals surface area contributed by atoms with Crippen molar-refractivity contribution in [2.24, 2.45) is 0 Å². The number of nitrogens with one attached hydrogen (secondary N) is 2. The number of halogens is 1. The van der Waals surface area contributed by atoms with Gasteiger partial charge >= 0.3 is 0 Å². The maximum Gasteiger partial charge on any atom is 0.242 e. The summed E-state index contributed by atoms with van der Waals surface area (Å²) in [5.74, 6) is 0. The molecule has 130 valence electrons. The Labute approximate surface area is 142 Å². The normalized spacial score (nSPS) is 17.3. The molecule has 0 radical (unpaired) electrons. The molecule has 0 aliphatic carbocycles. The molecule has 0 saturated carbocycles. The van der Waals surface area contributed by atoms with Gasteiger partial charge in [0.15, 0.2) is 9.84 Å². The van der Waals surface area contributed by atoms with E-state index in [4.69, 9.17) is 11.6 Å². The molecule has 10 heteroatoms. The summed E-state index contributed by atoms with van der Waals surface area (Å²) in [7, 11) is -7.37. The number of piperazine rings is 1. The van der Waals surface area contributed by atoms with Crippen LogP contribution in [0.2, 0.25) is 5.02 Å². The largest absolute Gasteiger partial charge is 0.314 e. The summed E-state index contributed by atoms with van der Waals surface area (Å²) < 4.78 is 50.3. The maximum atomic E-state index is 12.4. The van der Waals surface area contributed by atoms with E-state index in [9.17, 15) is 16.8 Å². The second-order valence-electron chi connectivity index (χ2n) is 5.35. The molecular formula is C13H20ClN3O4S2. The molecule has 2 N–H and O–H groups in total. The van der Waals surface area contributed by atoms with Gasteiger partial charge in [-0.2, -0.15) is 0 Å². The van der Waals surface area contributed by atoms with Crippen LogP contribution in [-0.2, 0) is 19.9 Å². The topological polar surface area (TPSA) is 95.6 Å². The summed E-state index contributed by atoms with van der Waals surface area (Å²) in [6.45, 7) is 4.33. The van der Waals surface area contributed by atoms with E-state index in [0.29, 0.717) is 6.54 Å². The van der Waals surface area contributed by atoms with Gasteiger partial charge in [-0.25, -0.2) is 21.6 Å². The van der Waals surface area contributed by atoms with Crippen LogP contribution in [0.3, 0.4) is 0 Å². The Bertz CT molecular complexity index is 759. The fraction of sp³-hybridized carbons (Fsp3) is 0.538. The van der Waals surface area contributed by atoms with Gasteiger partial charge in [-0.1, -0.05) is 11.6 Å². The number of benzene rings is 1. The van der Waals surface area contributed by atoms with Crippen molar-refractivity contribution in [1.29, 1.82) is 0 Å².